The molecule has 0 bridgehead atoms. The number of aliphatic hydroxyl groups is 1. The molecule has 1 aliphatic heterocycles. The summed E-state index contributed by atoms with van der Waals surface area (Å²) in [6.45, 7) is 3.09. The second kappa shape index (κ2) is 10.8. The van der Waals surface area contributed by atoms with Gasteiger partial charge in [-0.3, -0.25) is 14.6 Å². The summed E-state index contributed by atoms with van der Waals surface area (Å²) in [5, 5.41) is 11.1. The van der Waals surface area contributed by atoms with Gasteiger partial charge in [0.05, 0.1) is 18.2 Å². The van der Waals surface area contributed by atoms with E-state index in [1.807, 2.05) is 54.6 Å². The zero-order valence-electron chi connectivity index (χ0n) is 19.2. The van der Waals surface area contributed by atoms with Crippen LogP contribution in [0.1, 0.15) is 42.5 Å². The standard InChI is InChI=1S/C28H28N2O4/c1-2-3-19-34-23-11-9-21(10-12-23)25-24(26(31)22-13-16-29-17-14-22)27(32)28(33)30(25)18-15-20-7-5-4-6-8-20/h4-14,16-17,25,31H,2-3,15,18-19H2,1H3. The summed E-state index contributed by atoms with van der Waals surface area (Å²) in [6, 6.07) is 19.8. The van der Waals surface area contributed by atoms with Gasteiger partial charge in [-0.05, 0) is 48.2 Å². The topological polar surface area (TPSA) is 79.7 Å². The largest absolute Gasteiger partial charge is 0.507 e. The molecule has 0 spiro atoms. The van der Waals surface area contributed by atoms with Crippen molar-refractivity contribution < 1.29 is 19.4 Å². The summed E-state index contributed by atoms with van der Waals surface area (Å²) in [5.74, 6) is -0.765. The van der Waals surface area contributed by atoms with Gasteiger partial charge in [-0.15, -0.1) is 0 Å². The van der Waals surface area contributed by atoms with Crippen LogP contribution in [0.2, 0.25) is 0 Å². The number of carbonyl (C=O) groups is 2. The quantitative estimate of drug-likeness (QED) is 0.214. The molecule has 6 heteroatoms. The summed E-state index contributed by atoms with van der Waals surface area (Å²) in [7, 11) is 0. The first-order valence-corrected chi connectivity index (χ1v) is 11.6. The maximum atomic E-state index is 13.1. The Bertz CT molecular complexity index is 1160. The molecule has 2 heterocycles. The lowest BCUT2D eigenvalue weighted by molar-refractivity contribution is -0.139. The second-order valence-corrected chi connectivity index (χ2v) is 8.24. The van der Waals surface area contributed by atoms with Crippen LogP contribution in [0.3, 0.4) is 0 Å². The Hall–Kier alpha value is -3.93. The number of hydrogen-bond acceptors (Lipinski definition) is 5. The van der Waals surface area contributed by atoms with Crippen molar-refractivity contribution in [1.29, 1.82) is 0 Å². The molecule has 6 nitrogen and oxygen atoms in total. The third-order valence-corrected chi connectivity index (χ3v) is 5.94. The number of benzene rings is 2. The number of pyridine rings is 1. The van der Waals surface area contributed by atoms with Gasteiger partial charge >= 0.3 is 0 Å². The molecule has 1 unspecified atom stereocenters. The fourth-order valence-corrected chi connectivity index (χ4v) is 4.10. The second-order valence-electron chi connectivity index (χ2n) is 8.24. The summed E-state index contributed by atoms with van der Waals surface area (Å²) in [4.78, 5) is 31.7. The van der Waals surface area contributed by atoms with Crippen LogP contribution in [0.25, 0.3) is 5.76 Å². The highest BCUT2D eigenvalue weighted by molar-refractivity contribution is 6.46. The lowest BCUT2D eigenvalue weighted by Gasteiger charge is -2.25. The number of unbranched alkanes of at least 4 members (excludes halogenated alkanes) is 1. The lowest BCUT2D eigenvalue weighted by atomic mass is 9.95. The summed E-state index contributed by atoms with van der Waals surface area (Å²) >= 11 is 0. The summed E-state index contributed by atoms with van der Waals surface area (Å²) < 4.78 is 5.77. The first kappa shape index (κ1) is 23.2. The number of hydrogen-bond donors (Lipinski definition) is 1. The van der Waals surface area contributed by atoms with Crippen molar-refractivity contribution in [2.24, 2.45) is 0 Å². The van der Waals surface area contributed by atoms with E-state index in [0.717, 1.165) is 29.7 Å². The van der Waals surface area contributed by atoms with Crippen molar-refractivity contribution >= 4 is 17.4 Å². The molecule has 34 heavy (non-hydrogen) atoms. The highest BCUT2D eigenvalue weighted by Crippen LogP contribution is 2.39. The van der Waals surface area contributed by atoms with Crippen LogP contribution in [0.5, 0.6) is 5.75 Å². The van der Waals surface area contributed by atoms with Crippen LogP contribution in [0.4, 0.5) is 0 Å². The fraction of sp³-hybridized carbons (Fsp3) is 0.250. The lowest BCUT2D eigenvalue weighted by Crippen LogP contribution is -2.31. The van der Waals surface area contributed by atoms with Crippen LogP contribution in [0, 0.1) is 0 Å². The predicted molar refractivity (Wildman–Crippen MR) is 130 cm³/mol. The van der Waals surface area contributed by atoms with Gasteiger partial charge in [0.2, 0.25) is 0 Å². The van der Waals surface area contributed by atoms with E-state index < -0.39 is 17.7 Å². The number of ketones is 1. The van der Waals surface area contributed by atoms with Gasteiger partial charge in [0.1, 0.15) is 11.5 Å². The van der Waals surface area contributed by atoms with Gasteiger partial charge in [0, 0.05) is 24.5 Å². The minimum atomic E-state index is -0.693. The number of aromatic nitrogens is 1. The van der Waals surface area contributed by atoms with Crippen molar-refractivity contribution in [3.8, 4) is 5.75 Å². The number of Topliss-reactive ketones (excluding diaryl/α,β-unsaturated/α-hetero) is 1. The molecule has 1 fully saturated rings. The number of amides is 1. The molecule has 1 aromatic heterocycles. The average molecular weight is 457 g/mol. The van der Waals surface area contributed by atoms with Gasteiger partial charge < -0.3 is 14.7 Å². The third kappa shape index (κ3) is 5.01. The molecule has 1 amide bonds. The van der Waals surface area contributed by atoms with E-state index in [2.05, 4.69) is 11.9 Å². The molecular formula is C28H28N2O4. The zero-order chi connectivity index (χ0) is 23.9. The third-order valence-electron chi connectivity index (χ3n) is 5.94. The van der Waals surface area contributed by atoms with E-state index in [1.165, 1.54) is 12.4 Å². The van der Waals surface area contributed by atoms with E-state index in [9.17, 15) is 14.7 Å². The zero-order valence-corrected chi connectivity index (χ0v) is 19.2. The molecule has 0 saturated carbocycles. The first-order chi connectivity index (χ1) is 16.6. The molecule has 0 radical (unpaired) electrons. The smallest absolute Gasteiger partial charge is 0.295 e. The van der Waals surface area contributed by atoms with Gasteiger partial charge in [-0.25, -0.2) is 0 Å². The fourth-order valence-electron chi connectivity index (χ4n) is 4.10. The van der Waals surface area contributed by atoms with E-state index >= 15 is 0 Å². The van der Waals surface area contributed by atoms with Crippen molar-refractivity contribution in [2.75, 3.05) is 13.2 Å². The maximum Gasteiger partial charge on any atom is 0.295 e. The van der Waals surface area contributed by atoms with Gasteiger partial charge in [-0.1, -0.05) is 55.8 Å². The Labute approximate surface area is 199 Å². The molecule has 1 atom stereocenters. The molecule has 1 N–H and O–H groups in total. The van der Waals surface area contributed by atoms with Crippen molar-refractivity contribution in [3.05, 3.63) is 101 Å². The van der Waals surface area contributed by atoms with Crippen LogP contribution in [0.15, 0.2) is 84.7 Å². The van der Waals surface area contributed by atoms with Crippen molar-refractivity contribution in [2.45, 2.75) is 32.2 Å². The van der Waals surface area contributed by atoms with Crippen LogP contribution in [-0.2, 0) is 16.0 Å². The Morgan fingerprint density at radius 3 is 2.38 bits per heavy atom. The Balaban J connectivity index is 1.70. The Kier molecular flexibility index (Phi) is 7.38. The van der Waals surface area contributed by atoms with Crippen LogP contribution < -0.4 is 4.74 Å². The van der Waals surface area contributed by atoms with E-state index in [4.69, 9.17) is 4.74 Å². The first-order valence-electron chi connectivity index (χ1n) is 11.6. The van der Waals surface area contributed by atoms with E-state index in [1.54, 1.807) is 17.0 Å². The summed E-state index contributed by atoms with van der Waals surface area (Å²) in [5.41, 5.74) is 2.34. The number of carbonyl (C=O) groups excluding carboxylic acids is 2. The van der Waals surface area contributed by atoms with Gasteiger partial charge in [0.25, 0.3) is 11.7 Å². The number of aliphatic hydroxyl groups excluding tert-OH is 1. The monoisotopic (exact) mass is 456 g/mol. The highest BCUT2D eigenvalue weighted by Gasteiger charge is 2.45. The minimum Gasteiger partial charge on any atom is -0.507 e. The number of rotatable bonds is 9. The highest BCUT2D eigenvalue weighted by atomic mass is 16.5. The predicted octanol–water partition coefficient (Wildman–Crippen LogP) is 4.92. The average Bonchev–Trinajstić information content (AvgIpc) is 3.13. The maximum absolute atomic E-state index is 13.1. The number of likely N-dealkylation sites (tertiary alicyclic amines) is 1. The molecule has 1 aliphatic rings. The van der Waals surface area contributed by atoms with Gasteiger partial charge in [0.15, 0.2) is 0 Å². The summed E-state index contributed by atoms with van der Waals surface area (Å²) in [6.07, 6.45) is 5.68. The molecule has 174 valence electrons. The molecule has 1 saturated heterocycles. The van der Waals surface area contributed by atoms with E-state index in [0.29, 0.717) is 25.1 Å². The molecule has 3 aromatic rings. The van der Waals surface area contributed by atoms with Crippen molar-refractivity contribution in [3.63, 3.8) is 0 Å². The normalized spacial score (nSPS) is 17.2. The SMILES string of the molecule is CCCCOc1ccc(C2C(=C(O)c3ccncc3)C(=O)C(=O)N2CCc2ccccc2)cc1. The molecule has 4 rings (SSSR count). The minimum absolute atomic E-state index is 0.0870. The molecule has 0 aliphatic carbocycles. The van der Waals surface area contributed by atoms with Crippen molar-refractivity contribution in [1.82, 2.24) is 9.88 Å². The Morgan fingerprint density at radius 1 is 1.00 bits per heavy atom. The molecular weight excluding hydrogens is 428 g/mol. The van der Waals surface area contributed by atoms with E-state index in [-0.39, 0.29) is 11.3 Å². The van der Waals surface area contributed by atoms with Crippen LogP contribution >= 0.6 is 0 Å². The Morgan fingerprint density at radius 2 is 1.71 bits per heavy atom. The van der Waals surface area contributed by atoms with Crippen LogP contribution in [-0.4, -0.2) is 39.8 Å². The number of nitrogens with zero attached hydrogens (tertiary/aromatic N) is 2. The molecule has 2 aromatic carbocycles. The van der Waals surface area contributed by atoms with Gasteiger partial charge in [-0.2, -0.15) is 0 Å². The number of ether oxygens (including phenoxy) is 1.